The quantitative estimate of drug-likeness (QED) is 0.276. The van der Waals surface area contributed by atoms with Crippen molar-refractivity contribution in [2.24, 2.45) is 0 Å². The summed E-state index contributed by atoms with van der Waals surface area (Å²) in [6.07, 6.45) is 0.983. The van der Waals surface area contributed by atoms with Gasteiger partial charge < -0.3 is 4.57 Å². The van der Waals surface area contributed by atoms with Gasteiger partial charge >= 0.3 is 0 Å². The Hall–Kier alpha value is -3.84. The lowest BCUT2D eigenvalue weighted by Crippen LogP contribution is -2.11. The van der Waals surface area contributed by atoms with Gasteiger partial charge in [0.05, 0.1) is 0 Å². The van der Waals surface area contributed by atoms with Crippen molar-refractivity contribution in [3.8, 4) is 22.3 Å². The van der Waals surface area contributed by atoms with E-state index in [0.717, 1.165) is 13.0 Å². The highest BCUT2D eigenvalue weighted by Crippen LogP contribution is 2.50. The third kappa shape index (κ3) is 2.85. The first-order valence-electron chi connectivity index (χ1n) is 11.4. The maximum atomic E-state index is 2.54. The number of rotatable bonds is 4. The molecule has 0 saturated heterocycles. The fourth-order valence-electron chi connectivity index (χ4n) is 5.30. The van der Waals surface area contributed by atoms with E-state index in [2.05, 4.69) is 121 Å². The molecule has 0 unspecified atom stereocenters. The first-order valence-corrected chi connectivity index (χ1v) is 11.4. The normalized spacial score (nSPS) is 11.5. The molecule has 0 radical (unpaired) electrons. The summed E-state index contributed by atoms with van der Waals surface area (Å²) in [6.45, 7) is 3.16. The predicted octanol–water partition coefficient (Wildman–Crippen LogP) is 8.18. The molecule has 154 valence electrons. The van der Waals surface area contributed by atoms with Crippen molar-refractivity contribution in [3.63, 3.8) is 0 Å². The average Bonchev–Trinajstić information content (AvgIpc) is 3.21. The highest BCUT2D eigenvalue weighted by atomic mass is 15.0. The molecule has 4 aromatic carbocycles. The van der Waals surface area contributed by atoms with Crippen molar-refractivity contribution in [1.29, 1.82) is 0 Å². The van der Waals surface area contributed by atoms with Gasteiger partial charge in [-0.1, -0.05) is 110 Å². The molecule has 1 aliphatic heterocycles. The Labute approximate surface area is 188 Å². The number of para-hydroxylation sites is 1. The average molecular weight is 412 g/mol. The molecule has 6 rings (SSSR count). The highest BCUT2D eigenvalue weighted by molar-refractivity contribution is 6.21. The number of fused-ring (bicyclic) bond motifs is 5. The molecule has 0 N–H and O–H groups in total. The minimum atomic E-state index is 0.876. The fraction of sp³-hybridized carbons (Fsp3) is 0.0968. The van der Waals surface area contributed by atoms with E-state index in [4.69, 9.17) is 0 Å². The largest absolute Gasteiger partial charge is 0.340 e. The van der Waals surface area contributed by atoms with Crippen LogP contribution in [0.5, 0.6) is 0 Å². The molecule has 0 amide bonds. The number of benzene rings is 4. The zero-order chi connectivity index (χ0) is 21.5. The van der Waals surface area contributed by atoms with Gasteiger partial charge in [0, 0.05) is 34.3 Å². The van der Waals surface area contributed by atoms with Gasteiger partial charge in [-0.15, -0.1) is 0 Å². The SMILES string of the molecule is CCc1c2c3ccccc3c(-c3ccccc3)c-2c2ccccc2n1Cc1ccccc1. The summed E-state index contributed by atoms with van der Waals surface area (Å²) in [6, 6.07) is 39.5. The van der Waals surface area contributed by atoms with Crippen LogP contribution in [0.3, 0.4) is 0 Å². The molecule has 0 spiro atoms. The van der Waals surface area contributed by atoms with Gasteiger partial charge in [-0.25, -0.2) is 0 Å². The molecule has 0 atom stereocenters. The maximum absolute atomic E-state index is 2.54. The van der Waals surface area contributed by atoms with E-state index in [1.54, 1.807) is 0 Å². The van der Waals surface area contributed by atoms with Gasteiger partial charge in [0.15, 0.2) is 0 Å². The summed E-state index contributed by atoms with van der Waals surface area (Å²) in [5, 5.41) is 4.02. The second kappa shape index (κ2) is 7.69. The molecule has 1 heteroatoms. The number of nitrogens with zero attached hydrogens (tertiary/aromatic N) is 1. The molecule has 4 aromatic rings. The van der Waals surface area contributed by atoms with Crippen molar-refractivity contribution in [3.05, 3.63) is 120 Å². The van der Waals surface area contributed by atoms with E-state index >= 15 is 0 Å². The summed E-state index contributed by atoms with van der Waals surface area (Å²) in [4.78, 5) is 0. The molecule has 0 fully saturated rings. The molecule has 0 bridgehead atoms. The second-order valence-electron chi connectivity index (χ2n) is 8.43. The summed E-state index contributed by atoms with van der Waals surface area (Å²) >= 11 is 0. The van der Waals surface area contributed by atoms with Gasteiger partial charge in [-0.3, -0.25) is 0 Å². The minimum Gasteiger partial charge on any atom is -0.340 e. The van der Waals surface area contributed by atoms with Crippen LogP contribution in [0.1, 0.15) is 18.2 Å². The predicted molar refractivity (Wildman–Crippen MR) is 136 cm³/mol. The Morgan fingerprint density at radius 1 is 0.531 bits per heavy atom. The standard InChI is InChI=1S/C31H25N/c1-2-27-30-25-18-10-9-17-24(25)29(23-15-7-4-8-16-23)31(30)26-19-11-12-20-28(26)32(27)21-22-13-5-3-6-14-22/h3-20H,2,21H2,1H3. The number of hydrogen-bond donors (Lipinski definition) is 0. The molecule has 0 aromatic heterocycles. The molecule has 1 heterocycles. The van der Waals surface area contributed by atoms with Crippen molar-refractivity contribution < 1.29 is 0 Å². The zero-order valence-corrected chi connectivity index (χ0v) is 18.3. The Morgan fingerprint density at radius 3 is 1.78 bits per heavy atom. The van der Waals surface area contributed by atoms with E-state index < -0.39 is 0 Å². The van der Waals surface area contributed by atoms with E-state index in [-0.39, 0.29) is 0 Å². The summed E-state index contributed by atoms with van der Waals surface area (Å²) in [5.74, 6) is 0. The highest BCUT2D eigenvalue weighted by Gasteiger charge is 2.26. The first kappa shape index (κ1) is 18.9. The lowest BCUT2D eigenvalue weighted by atomic mass is 9.93. The van der Waals surface area contributed by atoms with Crippen LogP contribution in [0.15, 0.2) is 109 Å². The maximum Gasteiger partial charge on any atom is 0.0491 e. The smallest absolute Gasteiger partial charge is 0.0491 e. The van der Waals surface area contributed by atoms with Gasteiger partial charge in [-0.05, 0) is 39.9 Å². The van der Waals surface area contributed by atoms with E-state index in [1.807, 2.05) is 0 Å². The minimum absolute atomic E-state index is 0.876. The topological polar surface area (TPSA) is 4.93 Å². The van der Waals surface area contributed by atoms with Crippen molar-refractivity contribution in [2.75, 3.05) is 0 Å². The van der Waals surface area contributed by atoms with Crippen molar-refractivity contribution in [2.45, 2.75) is 19.9 Å². The fourth-order valence-corrected chi connectivity index (χ4v) is 5.30. The van der Waals surface area contributed by atoms with Crippen LogP contribution in [0.25, 0.3) is 43.9 Å². The summed E-state index contributed by atoms with van der Waals surface area (Å²) in [7, 11) is 0. The molecular weight excluding hydrogens is 386 g/mol. The van der Waals surface area contributed by atoms with Gasteiger partial charge in [-0.2, -0.15) is 0 Å². The molecule has 1 nitrogen and oxygen atoms in total. The number of hydrogen-bond acceptors (Lipinski definition) is 0. The van der Waals surface area contributed by atoms with Crippen molar-refractivity contribution >= 4 is 21.7 Å². The molecule has 2 aliphatic rings. The van der Waals surface area contributed by atoms with Crippen LogP contribution < -0.4 is 0 Å². The van der Waals surface area contributed by atoms with Gasteiger partial charge in [0.2, 0.25) is 0 Å². The third-order valence-electron chi connectivity index (χ3n) is 6.63. The molecular formula is C31H25N. The number of pyridine rings is 1. The van der Waals surface area contributed by atoms with Crippen LogP contribution in [0.4, 0.5) is 0 Å². The lowest BCUT2D eigenvalue weighted by molar-refractivity contribution is 0.768. The summed E-state index contributed by atoms with van der Waals surface area (Å²) in [5.41, 5.74) is 9.45. The molecule has 1 aliphatic carbocycles. The number of aromatic nitrogens is 1. The van der Waals surface area contributed by atoms with Crippen LogP contribution >= 0.6 is 0 Å². The Bertz CT molecular complexity index is 1510. The van der Waals surface area contributed by atoms with Crippen LogP contribution in [0, 0.1) is 0 Å². The first-order chi connectivity index (χ1) is 15.9. The molecule has 32 heavy (non-hydrogen) atoms. The van der Waals surface area contributed by atoms with E-state index in [1.165, 1.54) is 55.2 Å². The Morgan fingerprint density at radius 2 is 1.09 bits per heavy atom. The Balaban J connectivity index is 1.80. The monoisotopic (exact) mass is 411 g/mol. The van der Waals surface area contributed by atoms with Crippen LogP contribution in [-0.2, 0) is 13.0 Å². The third-order valence-corrected chi connectivity index (χ3v) is 6.63. The van der Waals surface area contributed by atoms with Gasteiger partial charge in [0.25, 0.3) is 0 Å². The van der Waals surface area contributed by atoms with E-state index in [9.17, 15) is 0 Å². The molecule has 0 saturated carbocycles. The summed E-state index contributed by atoms with van der Waals surface area (Å²) < 4.78 is 2.54. The van der Waals surface area contributed by atoms with Gasteiger partial charge in [0.1, 0.15) is 0 Å². The van der Waals surface area contributed by atoms with Crippen molar-refractivity contribution in [1.82, 2.24) is 4.57 Å². The zero-order valence-electron chi connectivity index (χ0n) is 18.3. The lowest BCUT2D eigenvalue weighted by Gasteiger charge is -2.23. The Kier molecular flexibility index (Phi) is 4.54. The second-order valence-corrected chi connectivity index (χ2v) is 8.43. The van der Waals surface area contributed by atoms with Crippen LogP contribution in [-0.4, -0.2) is 4.57 Å². The van der Waals surface area contributed by atoms with E-state index in [0.29, 0.717) is 0 Å². The van der Waals surface area contributed by atoms with Crippen LogP contribution in [0.2, 0.25) is 0 Å².